The van der Waals surface area contributed by atoms with Gasteiger partial charge >= 0.3 is 7.82 Å². The molecule has 0 aliphatic carbocycles. The highest BCUT2D eigenvalue weighted by atomic mass is 31.2. The van der Waals surface area contributed by atoms with Crippen LogP contribution in [-0.4, -0.2) is 16.4 Å². The molecule has 1 aliphatic rings. The molecule has 104 valence electrons. The summed E-state index contributed by atoms with van der Waals surface area (Å²) in [5, 5.41) is 10.6. The number of hydrogen-bond acceptors (Lipinski definition) is 5. The third-order valence-electron chi connectivity index (χ3n) is 2.95. The number of phosphoric ester groups is 1. The van der Waals surface area contributed by atoms with Crippen LogP contribution in [0.4, 0.5) is 5.69 Å². The first-order valence-electron chi connectivity index (χ1n) is 5.61. The molecule has 0 aromatic heterocycles. The van der Waals surface area contributed by atoms with Crippen molar-refractivity contribution in [3.8, 4) is 0 Å². The number of rotatable bonds is 2. The third-order valence-corrected chi connectivity index (χ3v) is 3.89. The summed E-state index contributed by atoms with van der Waals surface area (Å²) in [6.07, 6.45) is -0.655. The SMILES string of the molecule is CC1(C)COP(=O)(O)O[C@@H]1c1ccc([N+](=O)[O-])cc1. The molecule has 1 aliphatic heterocycles. The van der Waals surface area contributed by atoms with Crippen molar-refractivity contribution >= 4 is 13.5 Å². The van der Waals surface area contributed by atoms with E-state index in [0.717, 1.165) is 0 Å². The van der Waals surface area contributed by atoms with Crippen molar-refractivity contribution in [2.45, 2.75) is 20.0 Å². The molecular formula is C11H14NO6P. The highest BCUT2D eigenvalue weighted by Gasteiger charge is 2.44. The maximum atomic E-state index is 11.5. The Kier molecular flexibility index (Phi) is 3.49. The van der Waals surface area contributed by atoms with Gasteiger partial charge in [-0.3, -0.25) is 19.2 Å². The topological polar surface area (TPSA) is 98.9 Å². The Morgan fingerprint density at radius 3 is 2.53 bits per heavy atom. The van der Waals surface area contributed by atoms with E-state index in [4.69, 9.17) is 9.05 Å². The zero-order valence-corrected chi connectivity index (χ0v) is 11.4. The Balaban J connectivity index is 2.32. The summed E-state index contributed by atoms with van der Waals surface area (Å²) in [7, 11) is -4.05. The van der Waals surface area contributed by atoms with Crippen LogP contribution >= 0.6 is 7.82 Å². The van der Waals surface area contributed by atoms with Crippen LogP contribution in [0.2, 0.25) is 0 Å². The fraction of sp³-hybridized carbons (Fsp3) is 0.455. The zero-order valence-electron chi connectivity index (χ0n) is 10.5. The summed E-state index contributed by atoms with van der Waals surface area (Å²) in [5.41, 5.74) is 0.0567. The first kappa shape index (κ1) is 14.1. The van der Waals surface area contributed by atoms with Gasteiger partial charge in [0.1, 0.15) is 6.10 Å². The number of phosphoric acid groups is 1. The van der Waals surface area contributed by atoms with Crippen LogP contribution in [-0.2, 0) is 13.6 Å². The monoisotopic (exact) mass is 287 g/mol. The minimum atomic E-state index is -4.05. The lowest BCUT2D eigenvalue weighted by Crippen LogP contribution is -2.33. The molecule has 8 heteroatoms. The third kappa shape index (κ3) is 3.01. The summed E-state index contributed by atoms with van der Waals surface area (Å²) < 4.78 is 21.4. The van der Waals surface area contributed by atoms with Crippen LogP contribution in [0, 0.1) is 15.5 Å². The molecule has 0 radical (unpaired) electrons. The van der Waals surface area contributed by atoms with Crippen LogP contribution < -0.4 is 0 Å². The molecule has 0 saturated carbocycles. The number of hydrogen-bond donors (Lipinski definition) is 1. The van der Waals surface area contributed by atoms with Crippen LogP contribution in [0.1, 0.15) is 25.5 Å². The van der Waals surface area contributed by atoms with E-state index in [1.165, 1.54) is 24.3 Å². The Hall–Kier alpha value is -1.27. The van der Waals surface area contributed by atoms with E-state index in [2.05, 4.69) is 0 Å². The number of benzene rings is 1. The Labute approximate surface area is 109 Å². The lowest BCUT2D eigenvalue weighted by atomic mass is 9.83. The van der Waals surface area contributed by atoms with Gasteiger partial charge < -0.3 is 4.89 Å². The summed E-state index contributed by atoms with van der Waals surface area (Å²) in [6, 6.07) is 5.73. The average molecular weight is 287 g/mol. The zero-order chi connectivity index (χ0) is 14.3. The molecule has 1 fully saturated rings. The molecule has 1 unspecified atom stereocenters. The van der Waals surface area contributed by atoms with Gasteiger partial charge in [0.25, 0.3) is 5.69 Å². The van der Waals surface area contributed by atoms with Crippen LogP contribution in [0.15, 0.2) is 24.3 Å². The lowest BCUT2D eigenvalue weighted by Gasteiger charge is -2.39. The molecule has 19 heavy (non-hydrogen) atoms. The summed E-state index contributed by atoms with van der Waals surface area (Å²) in [4.78, 5) is 19.5. The van der Waals surface area contributed by atoms with Crippen molar-refractivity contribution in [2.24, 2.45) is 5.41 Å². The van der Waals surface area contributed by atoms with Gasteiger partial charge in [-0.1, -0.05) is 13.8 Å². The molecule has 1 aromatic carbocycles. The fourth-order valence-corrected chi connectivity index (χ4v) is 3.14. The van der Waals surface area contributed by atoms with Crippen molar-refractivity contribution < 1.29 is 23.4 Å². The molecule has 1 N–H and O–H groups in total. The van der Waals surface area contributed by atoms with E-state index in [0.29, 0.717) is 5.56 Å². The molecule has 2 atom stereocenters. The molecule has 0 spiro atoms. The van der Waals surface area contributed by atoms with Crippen molar-refractivity contribution in [3.63, 3.8) is 0 Å². The van der Waals surface area contributed by atoms with E-state index in [9.17, 15) is 19.6 Å². The quantitative estimate of drug-likeness (QED) is 0.510. The van der Waals surface area contributed by atoms with Crippen LogP contribution in [0.25, 0.3) is 0 Å². The van der Waals surface area contributed by atoms with Gasteiger partial charge in [0, 0.05) is 17.5 Å². The Bertz CT molecular complexity index is 541. The van der Waals surface area contributed by atoms with Gasteiger partial charge in [-0.05, 0) is 17.7 Å². The number of non-ortho nitro benzene ring substituents is 1. The second-order valence-corrected chi connectivity index (χ2v) is 6.47. The van der Waals surface area contributed by atoms with E-state index >= 15 is 0 Å². The summed E-state index contributed by atoms with van der Waals surface area (Å²) in [6.45, 7) is 3.74. The smallest absolute Gasteiger partial charge is 0.302 e. The van der Waals surface area contributed by atoms with Gasteiger partial charge in [-0.2, -0.15) is 0 Å². The Morgan fingerprint density at radius 1 is 1.42 bits per heavy atom. The van der Waals surface area contributed by atoms with Crippen LogP contribution in [0.5, 0.6) is 0 Å². The minimum absolute atomic E-state index is 0.0409. The molecule has 0 amide bonds. The van der Waals surface area contributed by atoms with Crippen molar-refractivity contribution in [3.05, 3.63) is 39.9 Å². The van der Waals surface area contributed by atoms with Crippen molar-refractivity contribution in [2.75, 3.05) is 6.61 Å². The maximum absolute atomic E-state index is 11.5. The molecule has 2 rings (SSSR count). The molecule has 1 aromatic rings. The van der Waals surface area contributed by atoms with Gasteiger partial charge in [-0.25, -0.2) is 4.57 Å². The lowest BCUT2D eigenvalue weighted by molar-refractivity contribution is -0.384. The van der Waals surface area contributed by atoms with Gasteiger partial charge in [0.05, 0.1) is 11.5 Å². The molecule has 1 saturated heterocycles. The highest BCUT2D eigenvalue weighted by molar-refractivity contribution is 7.47. The van der Waals surface area contributed by atoms with Crippen LogP contribution in [0.3, 0.4) is 0 Å². The molecular weight excluding hydrogens is 273 g/mol. The molecule has 1 heterocycles. The molecule has 0 bridgehead atoms. The van der Waals surface area contributed by atoms with E-state index in [-0.39, 0.29) is 12.3 Å². The van der Waals surface area contributed by atoms with Crippen molar-refractivity contribution in [1.82, 2.24) is 0 Å². The summed E-state index contributed by atoms with van der Waals surface area (Å²) in [5.74, 6) is 0. The van der Waals surface area contributed by atoms with Gasteiger partial charge in [0.15, 0.2) is 0 Å². The first-order chi connectivity index (χ1) is 8.71. The largest absolute Gasteiger partial charge is 0.472 e. The predicted molar refractivity (Wildman–Crippen MR) is 66.5 cm³/mol. The normalized spacial score (nSPS) is 29.9. The second kappa shape index (κ2) is 4.68. The first-order valence-corrected chi connectivity index (χ1v) is 7.11. The Morgan fingerprint density at radius 2 is 2.00 bits per heavy atom. The predicted octanol–water partition coefficient (Wildman–Crippen LogP) is 2.81. The fourth-order valence-electron chi connectivity index (χ4n) is 1.91. The number of nitro benzene ring substituents is 1. The average Bonchev–Trinajstić information content (AvgIpc) is 2.33. The standard InChI is InChI=1S/C11H14NO6P/c1-11(2)7-17-19(15,16)18-10(11)8-3-5-9(6-4-8)12(13)14/h3-6,10H,7H2,1-2H3,(H,15,16)/t10-/m1/s1. The highest BCUT2D eigenvalue weighted by Crippen LogP contribution is 2.58. The maximum Gasteiger partial charge on any atom is 0.472 e. The van der Waals surface area contributed by atoms with Gasteiger partial charge in [-0.15, -0.1) is 0 Å². The minimum Gasteiger partial charge on any atom is -0.302 e. The van der Waals surface area contributed by atoms with E-state index in [1.807, 2.05) is 13.8 Å². The summed E-state index contributed by atoms with van der Waals surface area (Å²) >= 11 is 0. The van der Waals surface area contributed by atoms with E-state index < -0.39 is 24.3 Å². The number of nitrogens with zero attached hydrogens (tertiary/aromatic N) is 1. The van der Waals surface area contributed by atoms with Gasteiger partial charge in [0.2, 0.25) is 0 Å². The van der Waals surface area contributed by atoms with Crippen molar-refractivity contribution in [1.29, 1.82) is 0 Å². The van der Waals surface area contributed by atoms with E-state index in [1.54, 1.807) is 0 Å². The number of nitro groups is 1. The second-order valence-electron chi connectivity index (χ2n) is 5.06. The molecule has 7 nitrogen and oxygen atoms in total.